The first kappa shape index (κ1) is 8.28. The molecule has 1 aromatic heterocycles. The van der Waals surface area contributed by atoms with Crippen molar-refractivity contribution in [3.05, 3.63) is 36.5 Å². The third kappa shape index (κ3) is 1.41. The van der Waals surface area contributed by atoms with Gasteiger partial charge in [0.05, 0.1) is 0 Å². The summed E-state index contributed by atoms with van der Waals surface area (Å²) in [6.07, 6.45) is 1.87. The standard InChI is InChI=1S/C9H6NSe2/c11-12-9-5-6-10-8-4-2-1-3-7(8)9/h1-6H. The zero-order valence-electron chi connectivity index (χ0n) is 6.23. The molecule has 1 aromatic carbocycles. The van der Waals surface area contributed by atoms with Gasteiger partial charge < -0.3 is 0 Å². The Morgan fingerprint density at radius 1 is 1.17 bits per heavy atom. The predicted molar refractivity (Wildman–Crippen MR) is 52.9 cm³/mol. The number of pyridine rings is 1. The van der Waals surface area contributed by atoms with Gasteiger partial charge in [-0.25, -0.2) is 0 Å². The SMILES string of the molecule is [Se][Se]c1ccnc2ccccc12. The molecule has 2 rings (SSSR count). The fraction of sp³-hybridized carbons (Fsp3) is 0. The van der Waals surface area contributed by atoms with Crippen molar-refractivity contribution in [2.45, 2.75) is 0 Å². The van der Waals surface area contributed by atoms with Gasteiger partial charge in [0.1, 0.15) is 0 Å². The van der Waals surface area contributed by atoms with Crippen molar-refractivity contribution in [1.82, 2.24) is 4.98 Å². The molecule has 0 aliphatic heterocycles. The summed E-state index contributed by atoms with van der Waals surface area (Å²) in [6, 6.07) is 10.3. The predicted octanol–water partition coefficient (Wildman–Crippen LogP) is 0.648. The van der Waals surface area contributed by atoms with E-state index in [4.69, 9.17) is 0 Å². The fourth-order valence-corrected chi connectivity index (χ4v) is 3.52. The number of rotatable bonds is 1. The number of aromatic nitrogens is 1. The van der Waals surface area contributed by atoms with Gasteiger partial charge in [-0.05, 0) is 0 Å². The van der Waals surface area contributed by atoms with Crippen molar-refractivity contribution in [2.75, 3.05) is 0 Å². The Labute approximate surface area is 84.1 Å². The molecule has 0 saturated carbocycles. The molecule has 0 fully saturated rings. The van der Waals surface area contributed by atoms with Crippen molar-refractivity contribution >= 4 is 42.7 Å². The Morgan fingerprint density at radius 2 is 2.00 bits per heavy atom. The van der Waals surface area contributed by atoms with E-state index in [0.717, 1.165) is 5.52 Å². The van der Waals surface area contributed by atoms with Crippen LogP contribution in [0, 0.1) is 0 Å². The van der Waals surface area contributed by atoms with Crippen LogP contribution in [0.2, 0.25) is 0 Å². The minimum absolute atomic E-state index is 0.433. The molecule has 12 heavy (non-hydrogen) atoms. The van der Waals surface area contributed by atoms with Crippen LogP contribution in [0.5, 0.6) is 0 Å². The summed E-state index contributed by atoms with van der Waals surface area (Å²) in [6.45, 7) is 0. The van der Waals surface area contributed by atoms with Crippen LogP contribution in [0.15, 0.2) is 36.5 Å². The monoisotopic (exact) mass is 288 g/mol. The average Bonchev–Trinajstić information content (AvgIpc) is 2.17. The van der Waals surface area contributed by atoms with E-state index in [1.807, 2.05) is 18.3 Å². The van der Waals surface area contributed by atoms with E-state index in [1.165, 1.54) is 9.85 Å². The van der Waals surface area contributed by atoms with Gasteiger partial charge in [0.2, 0.25) is 0 Å². The van der Waals surface area contributed by atoms with Gasteiger partial charge in [0.25, 0.3) is 0 Å². The van der Waals surface area contributed by atoms with Crippen LogP contribution >= 0.6 is 0 Å². The number of benzene rings is 1. The Balaban J connectivity index is 2.79. The summed E-state index contributed by atoms with van der Waals surface area (Å²) in [4.78, 5) is 4.29. The summed E-state index contributed by atoms with van der Waals surface area (Å²) < 4.78 is 1.38. The molecule has 0 unspecified atom stereocenters. The summed E-state index contributed by atoms with van der Waals surface area (Å²) in [7, 11) is 0. The van der Waals surface area contributed by atoms with Crippen molar-refractivity contribution in [3.8, 4) is 0 Å². The van der Waals surface area contributed by atoms with Crippen LogP contribution in [0.3, 0.4) is 0 Å². The third-order valence-corrected chi connectivity index (χ3v) is 4.78. The maximum absolute atomic E-state index is 4.29. The van der Waals surface area contributed by atoms with Gasteiger partial charge in [0.15, 0.2) is 0 Å². The van der Waals surface area contributed by atoms with Gasteiger partial charge in [-0.2, -0.15) is 0 Å². The van der Waals surface area contributed by atoms with E-state index < -0.39 is 0 Å². The number of para-hydroxylation sites is 1. The summed E-state index contributed by atoms with van der Waals surface area (Å²) >= 11 is 3.52. The zero-order chi connectivity index (χ0) is 8.39. The quantitative estimate of drug-likeness (QED) is 0.701. The van der Waals surface area contributed by atoms with Crippen LogP contribution in [0.1, 0.15) is 0 Å². The molecule has 3 heteroatoms. The van der Waals surface area contributed by atoms with E-state index in [1.54, 1.807) is 0 Å². The average molecular weight is 286 g/mol. The molecule has 1 heterocycles. The zero-order valence-corrected chi connectivity index (χ0v) is 9.65. The number of hydrogen-bond donors (Lipinski definition) is 0. The molecule has 2 aromatic rings. The Kier molecular flexibility index (Phi) is 2.48. The molecule has 0 aliphatic carbocycles. The number of nitrogens with zero attached hydrogens (tertiary/aromatic N) is 1. The van der Waals surface area contributed by atoms with Crippen LogP contribution in [0.4, 0.5) is 0 Å². The third-order valence-electron chi connectivity index (χ3n) is 1.70. The molecule has 1 nitrogen and oxygen atoms in total. The van der Waals surface area contributed by atoms with Crippen molar-refractivity contribution in [1.29, 1.82) is 0 Å². The summed E-state index contributed by atoms with van der Waals surface area (Å²) in [5, 5.41) is 1.28. The summed E-state index contributed by atoms with van der Waals surface area (Å²) in [5.41, 5.74) is 1.09. The first-order valence-corrected chi connectivity index (χ1v) is 8.74. The van der Waals surface area contributed by atoms with Gasteiger partial charge >= 0.3 is 84.2 Å². The summed E-state index contributed by atoms with van der Waals surface area (Å²) in [5.74, 6) is 0. The molecule has 0 saturated heterocycles. The van der Waals surface area contributed by atoms with Gasteiger partial charge in [-0.15, -0.1) is 0 Å². The van der Waals surface area contributed by atoms with E-state index >= 15 is 0 Å². The van der Waals surface area contributed by atoms with Crippen LogP contribution in [0.25, 0.3) is 10.9 Å². The van der Waals surface area contributed by atoms with Crippen LogP contribution in [-0.4, -0.2) is 32.3 Å². The molecule has 0 atom stereocenters. The molecule has 0 aliphatic rings. The topological polar surface area (TPSA) is 12.9 Å². The van der Waals surface area contributed by atoms with E-state index in [-0.39, 0.29) is 0 Å². The maximum atomic E-state index is 4.29. The normalized spacial score (nSPS) is 10.4. The second-order valence-electron chi connectivity index (χ2n) is 2.41. The van der Waals surface area contributed by atoms with Crippen molar-refractivity contribution < 1.29 is 0 Å². The van der Waals surface area contributed by atoms with Crippen LogP contribution < -0.4 is 4.46 Å². The van der Waals surface area contributed by atoms with Gasteiger partial charge in [-0.1, -0.05) is 0 Å². The molecule has 0 amide bonds. The molecule has 0 N–H and O–H groups in total. The molecular formula is C9H6NSe2. The second-order valence-corrected chi connectivity index (χ2v) is 5.50. The van der Waals surface area contributed by atoms with Gasteiger partial charge in [-0.3, -0.25) is 0 Å². The van der Waals surface area contributed by atoms with Crippen molar-refractivity contribution in [2.24, 2.45) is 0 Å². The molecule has 59 valence electrons. The van der Waals surface area contributed by atoms with E-state index in [0.29, 0.717) is 13.1 Å². The Hall–Kier alpha value is -0.331. The second kappa shape index (κ2) is 3.59. The molecular weight excluding hydrogens is 280 g/mol. The van der Waals surface area contributed by atoms with E-state index in [2.05, 4.69) is 37.4 Å². The van der Waals surface area contributed by atoms with Crippen molar-refractivity contribution in [3.63, 3.8) is 0 Å². The minimum atomic E-state index is 0.433. The van der Waals surface area contributed by atoms with Crippen LogP contribution in [-0.2, 0) is 0 Å². The molecule has 1 radical (unpaired) electrons. The Bertz CT molecular complexity index is 395. The number of fused-ring (bicyclic) bond motifs is 1. The first-order chi connectivity index (χ1) is 5.92. The van der Waals surface area contributed by atoms with Gasteiger partial charge in [0, 0.05) is 0 Å². The van der Waals surface area contributed by atoms with E-state index in [9.17, 15) is 0 Å². The number of hydrogen-bond acceptors (Lipinski definition) is 1. The first-order valence-electron chi connectivity index (χ1n) is 3.55. The fourth-order valence-electron chi connectivity index (χ4n) is 1.14. The Morgan fingerprint density at radius 3 is 2.83 bits per heavy atom. The molecule has 0 bridgehead atoms. The molecule has 0 spiro atoms.